The number of aryl methyl sites for hydroxylation is 4. The van der Waals surface area contributed by atoms with Gasteiger partial charge in [-0.05, 0) is 70.4 Å². The van der Waals surface area contributed by atoms with E-state index in [1.54, 1.807) is 0 Å². The van der Waals surface area contributed by atoms with Crippen LogP contribution in [0.25, 0.3) is 0 Å². The summed E-state index contributed by atoms with van der Waals surface area (Å²) in [7, 11) is -1.24. The lowest BCUT2D eigenvalue weighted by Crippen LogP contribution is -2.24. The van der Waals surface area contributed by atoms with Crippen LogP contribution < -0.4 is 26.5 Å². The highest BCUT2D eigenvalue weighted by atomic mass is 31.1. The summed E-state index contributed by atoms with van der Waals surface area (Å²) in [6.45, 7) is 11.4. The maximum Gasteiger partial charge on any atom is -0.0171 e. The van der Waals surface area contributed by atoms with Crippen LogP contribution >= 0.6 is 15.8 Å². The molecule has 0 spiro atoms. The number of benzene rings is 4. The minimum Gasteiger partial charge on any atom is -0.209 e. The van der Waals surface area contributed by atoms with Crippen molar-refractivity contribution >= 4 is 42.4 Å². The summed E-state index contributed by atoms with van der Waals surface area (Å²) in [4.78, 5) is 0. The lowest BCUT2D eigenvalue weighted by molar-refractivity contribution is 1.11. The molecule has 0 nitrogen and oxygen atoms in total. The summed E-state index contributed by atoms with van der Waals surface area (Å²) in [6, 6.07) is 43.5. The molecule has 0 N–H and O–H groups in total. The van der Waals surface area contributed by atoms with E-state index in [4.69, 9.17) is 0 Å². The number of rotatable bonds is 7. The van der Waals surface area contributed by atoms with Crippen LogP contribution in [0, 0.1) is 27.7 Å². The molecule has 186 valence electrons. The molecule has 0 aliphatic carbocycles. The molecular formula is C35H35P2-. The first-order valence-corrected chi connectivity index (χ1v) is 15.8. The Balaban J connectivity index is 1.68. The Hall–Kier alpha value is -2.91. The van der Waals surface area contributed by atoms with E-state index in [-0.39, 0.29) is 0 Å². The lowest BCUT2D eigenvalue weighted by atomic mass is 10.2. The fourth-order valence-corrected chi connectivity index (χ4v) is 11.2. The monoisotopic (exact) mass is 517 g/mol. The second-order valence-electron chi connectivity index (χ2n) is 10.1. The zero-order chi connectivity index (χ0) is 25.9. The Bertz CT molecular complexity index is 1350. The van der Waals surface area contributed by atoms with E-state index in [2.05, 4.69) is 150 Å². The van der Waals surface area contributed by atoms with Crippen LogP contribution in [0.4, 0.5) is 0 Å². The smallest absolute Gasteiger partial charge is 0.0171 e. The molecule has 0 saturated carbocycles. The molecule has 0 heterocycles. The third-order valence-corrected chi connectivity index (χ3v) is 12.1. The minimum atomic E-state index is -0.639. The summed E-state index contributed by atoms with van der Waals surface area (Å²) in [5.41, 5.74) is 7.26. The molecule has 5 aromatic carbocycles. The predicted octanol–water partition coefficient (Wildman–Crippen LogP) is 7.59. The average Bonchev–Trinajstić information content (AvgIpc) is 3.34. The fraction of sp³-hybridized carbons (Fsp3) is 0.171. The van der Waals surface area contributed by atoms with Gasteiger partial charge in [-0.2, -0.15) is 17.7 Å². The Labute approximate surface area is 225 Å². The largest absolute Gasteiger partial charge is 0.209 e. The molecule has 0 bridgehead atoms. The third kappa shape index (κ3) is 5.67. The molecule has 0 aliphatic heterocycles. The topological polar surface area (TPSA) is 0 Å². The van der Waals surface area contributed by atoms with Gasteiger partial charge in [-0.15, -0.1) is 5.30 Å². The van der Waals surface area contributed by atoms with Gasteiger partial charge in [0.25, 0.3) is 0 Å². The maximum absolute atomic E-state index is 2.46. The Kier molecular flexibility index (Phi) is 7.81. The Morgan fingerprint density at radius 3 is 1.41 bits per heavy atom. The summed E-state index contributed by atoms with van der Waals surface area (Å²) in [5.74, 6) is 0. The maximum atomic E-state index is 2.46. The molecule has 1 atom stereocenters. The normalized spacial score (nSPS) is 12.3. The van der Waals surface area contributed by atoms with Gasteiger partial charge in [0.15, 0.2) is 0 Å². The van der Waals surface area contributed by atoms with E-state index < -0.39 is 15.8 Å². The Morgan fingerprint density at radius 2 is 0.973 bits per heavy atom. The highest BCUT2D eigenvalue weighted by molar-refractivity contribution is 7.80. The van der Waals surface area contributed by atoms with E-state index in [1.807, 2.05) is 0 Å². The molecule has 0 radical (unpaired) electrons. The van der Waals surface area contributed by atoms with Crippen molar-refractivity contribution in [1.29, 1.82) is 0 Å². The van der Waals surface area contributed by atoms with Gasteiger partial charge in [-0.1, -0.05) is 126 Å². The van der Waals surface area contributed by atoms with Crippen LogP contribution in [0.2, 0.25) is 0 Å². The molecule has 0 aromatic heterocycles. The number of hydrogen-bond acceptors (Lipinski definition) is 0. The second-order valence-corrected chi connectivity index (χ2v) is 14.8. The van der Waals surface area contributed by atoms with Crippen LogP contribution in [0.1, 0.15) is 40.4 Å². The molecule has 1 unspecified atom stereocenters. The van der Waals surface area contributed by atoms with Crippen LogP contribution in [0.5, 0.6) is 0 Å². The highest BCUT2D eigenvalue weighted by Gasteiger charge is 2.24. The van der Waals surface area contributed by atoms with E-state index in [1.165, 1.54) is 54.3 Å². The second kappa shape index (κ2) is 11.2. The van der Waals surface area contributed by atoms with Crippen LogP contribution in [0.15, 0.2) is 115 Å². The van der Waals surface area contributed by atoms with Gasteiger partial charge < -0.3 is 0 Å². The van der Waals surface area contributed by atoms with Crippen molar-refractivity contribution in [2.24, 2.45) is 0 Å². The number of hydrogen-bond donors (Lipinski definition) is 0. The molecule has 5 rings (SSSR count). The van der Waals surface area contributed by atoms with E-state index in [0.717, 1.165) is 0 Å². The van der Waals surface area contributed by atoms with Crippen molar-refractivity contribution in [2.45, 2.75) is 40.3 Å². The quantitative estimate of drug-likeness (QED) is 0.154. The van der Waals surface area contributed by atoms with Gasteiger partial charge in [-0.3, -0.25) is 0 Å². The standard InChI is InChI=1S/C35H35P2/c1-25-19-26(2)22-32(21-25)36(33-23-27(3)20-28(4)24-33)29(5)34-17-12-18-35(34)37(30-13-8-6-9-14-30)31-15-10-7-11-16-31/h6-24,29H,1-5H3/q-1. The van der Waals surface area contributed by atoms with Gasteiger partial charge in [0.2, 0.25) is 0 Å². The first-order valence-electron chi connectivity index (χ1n) is 13.0. The van der Waals surface area contributed by atoms with Gasteiger partial charge in [0.1, 0.15) is 0 Å². The van der Waals surface area contributed by atoms with Crippen molar-refractivity contribution in [2.75, 3.05) is 0 Å². The molecule has 0 fully saturated rings. The molecule has 5 aromatic rings. The van der Waals surface area contributed by atoms with E-state index in [0.29, 0.717) is 5.66 Å². The average molecular weight is 518 g/mol. The Morgan fingerprint density at radius 1 is 0.541 bits per heavy atom. The zero-order valence-electron chi connectivity index (χ0n) is 22.4. The molecule has 37 heavy (non-hydrogen) atoms. The van der Waals surface area contributed by atoms with Crippen LogP contribution in [-0.2, 0) is 0 Å². The highest BCUT2D eigenvalue weighted by Crippen LogP contribution is 2.51. The van der Waals surface area contributed by atoms with Crippen molar-refractivity contribution in [3.63, 3.8) is 0 Å². The summed E-state index contributed by atoms with van der Waals surface area (Å²) in [5, 5.41) is 7.25. The molecule has 0 amide bonds. The van der Waals surface area contributed by atoms with Gasteiger partial charge in [-0.25, -0.2) is 6.07 Å². The first kappa shape index (κ1) is 25.7. The van der Waals surface area contributed by atoms with E-state index in [9.17, 15) is 0 Å². The molecule has 0 saturated heterocycles. The van der Waals surface area contributed by atoms with Crippen molar-refractivity contribution < 1.29 is 0 Å². The summed E-state index contributed by atoms with van der Waals surface area (Å²) in [6.07, 6.45) is 0. The first-order chi connectivity index (χ1) is 17.9. The van der Waals surface area contributed by atoms with Crippen LogP contribution in [0.3, 0.4) is 0 Å². The predicted molar refractivity (Wildman–Crippen MR) is 167 cm³/mol. The van der Waals surface area contributed by atoms with Gasteiger partial charge in [0.05, 0.1) is 0 Å². The van der Waals surface area contributed by atoms with Crippen LogP contribution in [-0.4, -0.2) is 0 Å². The van der Waals surface area contributed by atoms with Crippen molar-refractivity contribution in [1.82, 2.24) is 0 Å². The molecule has 2 heteroatoms. The molecular weight excluding hydrogens is 482 g/mol. The van der Waals surface area contributed by atoms with E-state index >= 15 is 0 Å². The SMILES string of the molecule is Cc1cc(C)cc(P(c2cc(C)cc(C)c2)C(C)c2cc[cH-]c2P(c2ccccc2)c2ccccc2)c1. The minimum absolute atomic E-state index is 0.389. The van der Waals surface area contributed by atoms with Gasteiger partial charge >= 0.3 is 0 Å². The fourth-order valence-electron chi connectivity index (χ4n) is 5.48. The van der Waals surface area contributed by atoms with Crippen molar-refractivity contribution in [3.8, 4) is 0 Å². The third-order valence-electron chi connectivity index (χ3n) is 6.90. The summed E-state index contributed by atoms with van der Waals surface area (Å²) < 4.78 is 0. The molecule has 0 aliphatic rings. The van der Waals surface area contributed by atoms with Crippen molar-refractivity contribution in [3.05, 3.63) is 143 Å². The zero-order valence-corrected chi connectivity index (χ0v) is 24.2. The van der Waals surface area contributed by atoms with Gasteiger partial charge in [0, 0.05) is 0 Å². The summed E-state index contributed by atoms with van der Waals surface area (Å²) >= 11 is 0. The lowest BCUT2D eigenvalue weighted by Gasteiger charge is -2.34.